The predicted octanol–water partition coefficient (Wildman–Crippen LogP) is 4.18. The third-order valence-electron chi connectivity index (χ3n) is 3.92. The van der Waals surface area contributed by atoms with Crippen LogP contribution < -0.4 is 14.9 Å². The van der Waals surface area contributed by atoms with Crippen molar-refractivity contribution in [3.8, 4) is 11.5 Å². The first-order valence-corrected chi connectivity index (χ1v) is 8.60. The number of hydrazone groups is 1. The van der Waals surface area contributed by atoms with Crippen LogP contribution in [-0.2, 0) is 6.61 Å². The van der Waals surface area contributed by atoms with Gasteiger partial charge >= 0.3 is 0 Å². The maximum Gasteiger partial charge on any atom is 0.274 e. The lowest BCUT2D eigenvalue weighted by atomic mass is 10.2. The first-order valence-electron chi connectivity index (χ1n) is 8.60. The molecular formula is C22H19FN2O3. The molecule has 0 aliphatic rings. The zero-order valence-corrected chi connectivity index (χ0v) is 15.3. The van der Waals surface area contributed by atoms with E-state index in [2.05, 4.69) is 10.5 Å². The summed E-state index contributed by atoms with van der Waals surface area (Å²) in [5, 5.41) is 3.87. The summed E-state index contributed by atoms with van der Waals surface area (Å²) < 4.78 is 24.8. The molecule has 0 radical (unpaired) electrons. The first kappa shape index (κ1) is 19.1. The lowest BCUT2D eigenvalue weighted by Crippen LogP contribution is -2.18. The van der Waals surface area contributed by atoms with E-state index in [0.717, 1.165) is 5.56 Å². The third-order valence-corrected chi connectivity index (χ3v) is 3.92. The van der Waals surface area contributed by atoms with Gasteiger partial charge in [-0.25, -0.2) is 9.82 Å². The molecule has 0 aromatic heterocycles. The molecule has 0 spiro atoms. The average Bonchev–Trinajstić information content (AvgIpc) is 2.73. The molecule has 0 atom stereocenters. The zero-order valence-electron chi connectivity index (χ0n) is 15.3. The number of nitrogens with zero attached hydrogens (tertiary/aromatic N) is 1. The summed E-state index contributed by atoms with van der Waals surface area (Å²) in [4.78, 5) is 11.9. The Morgan fingerprint density at radius 1 is 1.04 bits per heavy atom. The Kier molecular flexibility index (Phi) is 6.36. The Bertz CT molecular complexity index is 975. The molecule has 0 saturated heterocycles. The van der Waals surface area contributed by atoms with Crippen molar-refractivity contribution in [3.05, 3.63) is 95.3 Å². The largest absolute Gasteiger partial charge is 0.493 e. The topological polar surface area (TPSA) is 59.9 Å². The van der Waals surface area contributed by atoms with Crippen molar-refractivity contribution in [2.45, 2.75) is 6.61 Å². The van der Waals surface area contributed by atoms with Crippen LogP contribution in [0.2, 0.25) is 0 Å². The number of hydrogen-bond acceptors (Lipinski definition) is 4. The van der Waals surface area contributed by atoms with E-state index in [4.69, 9.17) is 9.47 Å². The van der Waals surface area contributed by atoms with Crippen LogP contribution in [0.5, 0.6) is 11.5 Å². The summed E-state index contributed by atoms with van der Waals surface area (Å²) in [6.07, 6.45) is 1.45. The van der Waals surface area contributed by atoms with Gasteiger partial charge in [0.1, 0.15) is 12.4 Å². The van der Waals surface area contributed by atoms with Crippen LogP contribution in [0.3, 0.4) is 0 Å². The predicted molar refractivity (Wildman–Crippen MR) is 105 cm³/mol. The highest BCUT2D eigenvalue weighted by atomic mass is 19.1. The number of methoxy groups -OCH3 is 1. The Hall–Kier alpha value is -3.67. The number of hydrogen-bond donors (Lipinski definition) is 1. The highest BCUT2D eigenvalue weighted by Crippen LogP contribution is 2.28. The number of ether oxygens (including phenoxy) is 2. The number of nitrogens with one attached hydrogen (secondary N) is 1. The molecule has 0 unspecified atom stereocenters. The molecule has 6 heteroatoms. The number of halogens is 1. The minimum absolute atomic E-state index is 0.0677. The van der Waals surface area contributed by atoms with E-state index in [0.29, 0.717) is 23.7 Å². The molecule has 3 rings (SSSR count). The fraction of sp³-hybridized carbons (Fsp3) is 0.0909. The van der Waals surface area contributed by atoms with Crippen LogP contribution in [-0.4, -0.2) is 19.2 Å². The quantitative estimate of drug-likeness (QED) is 0.496. The molecule has 3 aromatic rings. The lowest BCUT2D eigenvalue weighted by Gasteiger charge is -2.11. The van der Waals surface area contributed by atoms with E-state index < -0.39 is 11.7 Å². The molecule has 3 aromatic carbocycles. The summed E-state index contributed by atoms with van der Waals surface area (Å²) >= 11 is 0. The van der Waals surface area contributed by atoms with Gasteiger partial charge in [-0.15, -0.1) is 0 Å². The molecule has 142 valence electrons. The van der Waals surface area contributed by atoms with Crippen LogP contribution in [0.15, 0.2) is 77.9 Å². The fourth-order valence-electron chi connectivity index (χ4n) is 2.49. The number of carbonyl (C=O) groups excluding carboxylic acids is 1. The van der Waals surface area contributed by atoms with Crippen molar-refractivity contribution >= 4 is 12.1 Å². The third kappa shape index (κ3) is 4.94. The molecule has 0 aliphatic carbocycles. The Morgan fingerprint density at radius 2 is 1.79 bits per heavy atom. The molecule has 0 aliphatic heterocycles. The summed E-state index contributed by atoms with van der Waals surface area (Å²) in [5.74, 6) is -0.0832. The molecule has 0 bridgehead atoms. The fourth-order valence-corrected chi connectivity index (χ4v) is 2.49. The van der Waals surface area contributed by atoms with Gasteiger partial charge in [0.25, 0.3) is 5.91 Å². The van der Waals surface area contributed by atoms with Crippen LogP contribution in [0.1, 0.15) is 21.5 Å². The molecule has 5 nitrogen and oxygen atoms in total. The van der Waals surface area contributed by atoms with Crippen LogP contribution in [0, 0.1) is 5.82 Å². The van der Waals surface area contributed by atoms with Crippen LogP contribution in [0.25, 0.3) is 0 Å². The van der Waals surface area contributed by atoms with Crippen molar-refractivity contribution in [1.82, 2.24) is 5.43 Å². The summed E-state index contributed by atoms with van der Waals surface area (Å²) in [6, 6.07) is 20.8. The number of amides is 1. The highest BCUT2D eigenvalue weighted by molar-refractivity contribution is 5.95. The van der Waals surface area contributed by atoms with Gasteiger partial charge in [0, 0.05) is 0 Å². The first-order chi connectivity index (χ1) is 13.7. The van der Waals surface area contributed by atoms with Gasteiger partial charge in [0.2, 0.25) is 0 Å². The summed E-state index contributed by atoms with van der Waals surface area (Å²) in [6.45, 7) is 0.420. The second-order valence-electron chi connectivity index (χ2n) is 5.86. The Labute approximate surface area is 162 Å². The van der Waals surface area contributed by atoms with E-state index in [9.17, 15) is 9.18 Å². The summed E-state index contributed by atoms with van der Waals surface area (Å²) in [7, 11) is 1.55. The lowest BCUT2D eigenvalue weighted by molar-refractivity contribution is 0.0951. The highest BCUT2D eigenvalue weighted by Gasteiger charge is 2.09. The second-order valence-corrected chi connectivity index (χ2v) is 5.86. The van der Waals surface area contributed by atoms with Gasteiger partial charge < -0.3 is 9.47 Å². The molecule has 0 heterocycles. The van der Waals surface area contributed by atoms with Gasteiger partial charge in [0.05, 0.1) is 18.9 Å². The average molecular weight is 378 g/mol. The second kappa shape index (κ2) is 9.32. The molecular weight excluding hydrogens is 359 g/mol. The smallest absolute Gasteiger partial charge is 0.274 e. The van der Waals surface area contributed by atoms with E-state index >= 15 is 0 Å². The Morgan fingerprint density at radius 3 is 2.54 bits per heavy atom. The normalized spacial score (nSPS) is 10.6. The molecule has 28 heavy (non-hydrogen) atoms. The maximum absolute atomic E-state index is 13.6. The van der Waals surface area contributed by atoms with Crippen molar-refractivity contribution in [2.75, 3.05) is 7.11 Å². The van der Waals surface area contributed by atoms with Crippen molar-refractivity contribution in [2.24, 2.45) is 5.10 Å². The van der Waals surface area contributed by atoms with Crippen LogP contribution >= 0.6 is 0 Å². The van der Waals surface area contributed by atoms with Crippen LogP contribution in [0.4, 0.5) is 4.39 Å². The van der Waals surface area contributed by atoms with Crippen molar-refractivity contribution < 1.29 is 18.7 Å². The minimum atomic E-state index is -0.621. The van der Waals surface area contributed by atoms with Gasteiger partial charge in [-0.2, -0.15) is 5.10 Å². The van der Waals surface area contributed by atoms with Crippen molar-refractivity contribution in [3.63, 3.8) is 0 Å². The monoisotopic (exact) mass is 378 g/mol. The maximum atomic E-state index is 13.6. The van der Waals surface area contributed by atoms with E-state index in [-0.39, 0.29) is 5.56 Å². The van der Waals surface area contributed by atoms with Gasteiger partial charge in [-0.1, -0.05) is 42.5 Å². The number of carbonyl (C=O) groups is 1. The van der Waals surface area contributed by atoms with E-state index in [1.54, 1.807) is 31.4 Å². The van der Waals surface area contributed by atoms with Gasteiger partial charge in [0.15, 0.2) is 11.5 Å². The number of benzene rings is 3. The van der Waals surface area contributed by atoms with E-state index in [1.807, 2.05) is 30.3 Å². The number of rotatable bonds is 7. The molecule has 0 saturated carbocycles. The summed E-state index contributed by atoms with van der Waals surface area (Å²) in [5.41, 5.74) is 3.98. The molecule has 0 fully saturated rings. The van der Waals surface area contributed by atoms with Gasteiger partial charge in [-0.3, -0.25) is 4.79 Å². The zero-order chi connectivity index (χ0) is 19.8. The van der Waals surface area contributed by atoms with Crippen molar-refractivity contribution in [1.29, 1.82) is 0 Å². The minimum Gasteiger partial charge on any atom is -0.493 e. The van der Waals surface area contributed by atoms with Gasteiger partial charge in [-0.05, 0) is 41.5 Å². The molecule has 1 N–H and O–H groups in total. The molecule has 1 amide bonds. The standard InChI is InChI=1S/C22H19FN2O3/c1-27-21-13-17(11-12-20(21)28-15-16-7-3-2-4-8-16)14-24-25-22(26)18-9-5-6-10-19(18)23/h2-14H,15H2,1H3,(H,25,26)/b24-14+. The SMILES string of the molecule is COc1cc(/C=N/NC(=O)c2ccccc2F)ccc1OCc1ccccc1. The Balaban J connectivity index is 1.63. The van der Waals surface area contributed by atoms with E-state index in [1.165, 1.54) is 24.4 Å².